The van der Waals surface area contributed by atoms with Crippen molar-refractivity contribution in [3.05, 3.63) is 101 Å². The number of likely N-dealkylation sites (tertiary alicyclic amines) is 1. The second-order valence-electron chi connectivity index (χ2n) is 9.27. The first-order valence-electron chi connectivity index (χ1n) is 12.5. The van der Waals surface area contributed by atoms with E-state index in [9.17, 15) is 14.7 Å². The smallest absolute Gasteiger partial charge is 0.295 e. The highest BCUT2D eigenvalue weighted by atomic mass is 16.5. The van der Waals surface area contributed by atoms with Gasteiger partial charge in [-0.2, -0.15) is 0 Å². The van der Waals surface area contributed by atoms with Crippen molar-refractivity contribution in [2.75, 3.05) is 13.2 Å². The normalized spacial score (nSPS) is 17.0. The fraction of sp³-hybridized carbons (Fsp3) is 0.300. The number of carbonyl (C=O) groups is 2. The van der Waals surface area contributed by atoms with Gasteiger partial charge in [0.15, 0.2) is 0 Å². The van der Waals surface area contributed by atoms with Crippen LogP contribution < -0.4 is 4.74 Å². The minimum atomic E-state index is -0.783. The van der Waals surface area contributed by atoms with E-state index in [0.29, 0.717) is 43.2 Å². The van der Waals surface area contributed by atoms with Crippen molar-refractivity contribution in [1.82, 2.24) is 9.88 Å². The molecule has 2 aromatic carbocycles. The van der Waals surface area contributed by atoms with Gasteiger partial charge in [0, 0.05) is 24.9 Å². The number of nitrogens with zero attached hydrogens (tertiary/aromatic N) is 2. The number of hydrogen-bond acceptors (Lipinski definition) is 6. The van der Waals surface area contributed by atoms with Crippen LogP contribution in [0, 0.1) is 6.92 Å². The Hall–Kier alpha value is -3.97. The Labute approximate surface area is 217 Å². The lowest BCUT2D eigenvalue weighted by molar-refractivity contribution is -0.140. The molecule has 1 saturated heterocycles. The van der Waals surface area contributed by atoms with E-state index in [1.807, 2.05) is 51.1 Å². The van der Waals surface area contributed by atoms with Gasteiger partial charge in [-0.3, -0.25) is 14.6 Å². The molecule has 2 heterocycles. The summed E-state index contributed by atoms with van der Waals surface area (Å²) in [5, 5.41) is 11.3. The van der Waals surface area contributed by atoms with Crippen LogP contribution >= 0.6 is 0 Å². The predicted molar refractivity (Wildman–Crippen MR) is 141 cm³/mol. The number of pyridine rings is 1. The van der Waals surface area contributed by atoms with E-state index in [4.69, 9.17) is 9.47 Å². The largest absolute Gasteiger partial charge is 0.507 e. The number of aromatic nitrogens is 1. The molecular weight excluding hydrogens is 468 g/mol. The number of carbonyl (C=O) groups excluding carboxylic acids is 2. The molecule has 1 N–H and O–H groups in total. The molecule has 0 aliphatic carbocycles. The standard InChI is InChI=1S/C30H32N2O5/c1-20(2)36-17-9-16-32-27(24-12-7-8-15-31-24)26(29(34)30(32)35)28(33)23-13-14-25(21(3)18-23)37-19-22-10-5-4-6-11-22/h4-8,10-15,18,20,27,33H,9,16-17,19H2,1-3H3/b28-26-. The zero-order valence-corrected chi connectivity index (χ0v) is 21.4. The Balaban J connectivity index is 1.63. The van der Waals surface area contributed by atoms with Crippen molar-refractivity contribution in [2.45, 2.75) is 45.9 Å². The number of ether oxygens (including phenoxy) is 2. The summed E-state index contributed by atoms with van der Waals surface area (Å²) in [6.07, 6.45) is 2.24. The monoisotopic (exact) mass is 500 g/mol. The van der Waals surface area contributed by atoms with Gasteiger partial charge in [-0.15, -0.1) is 0 Å². The molecule has 4 rings (SSSR count). The summed E-state index contributed by atoms with van der Waals surface area (Å²) in [6, 6.07) is 19.6. The maximum absolute atomic E-state index is 13.2. The number of benzene rings is 2. The van der Waals surface area contributed by atoms with Gasteiger partial charge in [0.2, 0.25) is 0 Å². The van der Waals surface area contributed by atoms with E-state index >= 15 is 0 Å². The lowest BCUT2D eigenvalue weighted by Crippen LogP contribution is -2.31. The van der Waals surface area contributed by atoms with E-state index < -0.39 is 17.7 Å². The second-order valence-corrected chi connectivity index (χ2v) is 9.27. The van der Waals surface area contributed by atoms with Gasteiger partial charge in [0.25, 0.3) is 11.7 Å². The first-order chi connectivity index (χ1) is 17.9. The van der Waals surface area contributed by atoms with Crippen LogP contribution in [0.25, 0.3) is 5.76 Å². The highest BCUT2D eigenvalue weighted by molar-refractivity contribution is 6.46. The van der Waals surface area contributed by atoms with Gasteiger partial charge >= 0.3 is 0 Å². The number of amides is 1. The number of hydrogen-bond donors (Lipinski definition) is 1. The number of aliphatic hydroxyl groups is 1. The van der Waals surface area contributed by atoms with Crippen LogP contribution in [0.5, 0.6) is 5.75 Å². The van der Waals surface area contributed by atoms with Gasteiger partial charge in [-0.25, -0.2) is 0 Å². The van der Waals surface area contributed by atoms with E-state index in [1.54, 1.807) is 42.6 Å². The zero-order chi connectivity index (χ0) is 26.4. The Morgan fingerprint density at radius 1 is 1.05 bits per heavy atom. The summed E-state index contributed by atoms with van der Waals surface area (Å²) in [5.74, 6) is -0.929. The molecule has 0 radical (unpaired) electrons. The average Bonchev–Trinajstić information content (AvgIpc) is 3.16. The van der Waals surface area contributed by atoms with Crippen LogP contribution in [-0.4, -0.2) is 45.9 Å². The number of aliphatic hydroxyl groups excluding tert-OH is 1. The van der Waals surface area contributed by atoms with Gasteiger partial charge in [0.1, 0.15) is 24.2 Å². The van der Waals surface area contributed by atoms with Crippen molar-refractivity contribution >= 4 is 17.4 Å². The summed E-state index contributed by atoms with van der Waals surface area (Å²) in [4.78, 5) is 32.1. The molecule has 1 fully saturated rings. The molecule has 1 aliphatic heterocycles. The molecule has 1 amide bonds. The van der Waals surface area contributed by atoms with Crippen LogP contribution in [0.4, 0.5) is 0 Å². The Morgan fingerprint density at radius 2 is 1.81 bits per heavy atom. The van der Waals surface area contributed by atoms with Crippen molar-refractivity contribution in [3.63, 3.8) is 0 Å². The third-order valence-corrected chi connectivity index (χ3v) is 6.19. The van der Waals surface area contributed by atoms with Crippen molar-refractivity contribution in [3.8, 4) is 5.75 Å². The average molecular weight is 501 g/mol. The van der Waals surface area contributed by atoms with Gasteiger partial charge in [-0.05, 0) is 68.7 Å². The van der Waals surface area contributed by atoms with Gasteiger partial charge in [-0.1, -0.05) is 36.4 Å². The van der Waals surface area contributed by atoms with Crippen LogP contribution in [0.15, 0.2) is 78.5 Å². The first-order valence-corrected chi connectivity index (χ1v) is 12.5. The molecule has 1 atom stereocenters. The predicted octanol–water partition coefficient (Wildman–Crippen LogP) is 5.21. The fourth-order valence-corrected chi connectivity index (χ4v) is 4.36. The van der Waals surface area contributed by atoms with E-state index in [0.717, 1.165) is 11.1 Å². The van der Waals surface area contributed by atoms with Crippen LogP contribution in [0.3, 0.4) is 0 Å². The molecule has 37 heavy (non-hydrogen) atoms. The molecule has 1 unspecified atom stereocenters. The topological polar surface area (TPSA) is 89.0 Å². The third-order valence-electron chi connectivity index (χ3n) is 6.19. The molecule has 0 spiro atoms. The Kier molecular flexibility index (Phi) is 8.36. The quantitative estimate of drug-likeness (QED) is 0.178. The van der Waals surface area contributed by atoms with Crippen molar-refractivity contribution in [2.24, 2.45) is 0 Å². The fourth-order valence-electron chi connectivity index (χ4n) is 4.36. The number of rotatable bonds is 10. The number of aryl methyl sites for hydroxylation is 1. The number of ketones is 1. The molecule has 7 nitrogen and oxygen atoms in total. The zero-order valence-electron chi connectivity index (χ0n) is 21.4. The van der Waals surface area contributed by atoms with Gasteiger partial charge in [0.05, 0.1) is 17.4 Å². The maximum atomic E-state index is 13.2. The highest BCUT2D eigenvalue weighted by Crippen LogP contribution is 2.39. The Bertz CT molecular complexity index is 1270. The summed E-state index contributed by atoms with van der Waals surface area (Å²) < 4.78 is 11.6. The summed E-state index contributed by atoms with van der Waals surface area (Å²) in [5.41, 5.74) is 2.84. The minimum absolute atomic E-state index is 0.0332. The van der Waals surface area contributed by atoms with Crippen LogP contribution in [0.1, 0.15) is 48.7 Å². The number of Topliss-reactive ketones (excluding diaryl/α,β-unsaturated/α-hetero) is 1. The molecular formula is C30H32N2O5. The Morgan fingerprint density at radius 3 is 2.49 bits per heavy atom. The summed E-state index contributed by atoms with van der Waals surface area (Å²) in [7, 11) is 0. The first kappa shape index (κ1) is 26.1. The molecule has 1 aliphatic rings. The highest BCUT2D eigenvalue weighted by Gasteiger charge is 2.46. The SMILES string of the molecule is Cc1cc(/C(O)=C2/C(=O)C(=O)N(CCCOC(C)C)C2c2ccccn2)ccc1OCc1ccccc1. The van der Waals surface area contributed by atoms with E-state index in [2.05, 4.69) is 4.98 Å². The molecule has 3 aromatic rings. The lowest BCUT2D eigenvalue weighted by atomic mass is 9.97. The molecule has 192 valence electrons. The summed E-state index contributed by atoms with van der Waals surface area (Å²) >= 11 is 0. The summed E-state index contributed by atoms with van der Waals surface area (Å²) in [6.45, 7) is 6.94. The molecule has 1 aromatic heterocycles. The van der Waals surface area contributed by atoms with Crippen molar-refractivity contribution in [1.29, 1.82) is 0 Å². The van der Waals surface area contributed by atoms with Crippen LogP contribution in [0.2, 0.25) is 0 Å². The lowest BCUT2D eigenvalue weighted by Gasteiger charge is -2.24. The minimum Gasteiger partial charge on any atom is -0.507 e. The second kappa shape index (κ2) is 11.8. The van der Waals surface area contributed by atoms with E-state index in [-0.39, 0.29) is 17.4 Å². The third kappa shape index (κ3) is 6.06. The molecule has 7 heteroatoms. The molecule has 0 saturated carbocycles. The van der Waals surface area contributed by atoms with Crippen LogP contribution in [-0.2, 0) is 20.9 Å². The van der Waals surface area contributed by atoms with E-state index in [1.165, 1.54) is 4.90 Å². The van der Waals surface area contributed by atoms with Crippen molar-refractivity contribution < 1.29 is 24.2 Å². The maximum Gasteiger partial charge on any atom is 0.295 e. The molecule has 0 bridgehead atoms. The van der Waals surface area contributed by atoms with Gasteiger partial charge < -0.3 is 19.5 Å².